The Morgan fingerprint density at radius 1 is 1.16 bits per heavy atom. The molecule has 3 aliphatic rings. The van der Waals surface area contributed by atoms with Crippen LogP contribution < -0.4 is 15.8 Å². The Morgan fingerprint density at radius 3 is 2.44 bits per heavy atom. The maximum absolute atomic E-state index is 13.4. The summed E-state index contributed by atoms with van der Waals surface area (Å²) >= 11 is 0. The number of hydrogen-bond acceptors (Lipinski definition) is 5. The summed E-state index contributed by atoms with van der Waals surface area (Å²) in [6, 6.07) is 5.79. The Hall–Kier alpha value is -3.10. The second-order valence-electron chi connectivity index (χ2n) is 9.67. The first-order valence-electron chi connectivity index (χ1n) is 11.4. The van der Waals surface area contributed by atoms with Gasteiger partial charge in [0.1, 0.15) is 12.4 Å². The average molecular weight is 440 g/mol. The molecule has 9 nitrogen and oxygen atoms in total. The third-order valence-electron chi connectivity index (χ3n) is 6.78. The van der Waals surface area contributed by atoms with E-state index in [1.807, 2.05) is 32.0 Å². The number of aromatic nitrogens is 2. The third kappa shape index (κ3) is 3.80. The quantitative estimate of drug-likeness (QED) is 0.736. The first kappa shape index (κ1) is 20.8. The van der Waals surface area contributed by atoms with Gasteiger partial charge in [-0.1, -0.05) is 0 Å². The molecular weight excluding hydrogens is 410 g/mol. The van der Waals surface area contributed by atoms with Crippen molar-refractivity contribution in [3.63, 3.8) is 0 Å². The molecule has 0 bridgehead atoms. The molecule has 3 heterocycles. The van der Waals surface area contributed by atoms with Crippen LogP contribution in [0.5, 0.6) is 0 Å². The highest BCUT2D eigenvalue weighted by Crippen LogP contribution is 2.39. The molecule has 170 valence electrons. The summed E-state index contributed by atoms with van der Waals surface area (Å²) in [5.74, 6) is 1.39. The zero-order valence-corrected chi connectivity index (χ0v) is 18.5. The zero-order valence-electron chi connectivity index (χ0n) is 18.5. The number of benzene rings is 1. The normalized spacial score (nSPS) is 22.6. The summed E-state index contributed by atoms with van der Waals surface area (Å²) in [5.41, 5.74) is 1.44. The maximum atomic E-state index is 13.4. The van der Waals surface area contributed by atoms with Crippen LogP contribution in [0.2, 0.25) is 0 Å². The van der Waals surface area contributed by atoms with Gasteiger partial charge in [0, 0.05) is 55.7 Å². The molecule has 1 saturated carbocycles. The molecule has 1 aromatic carbocycles. The van der Waals surface area contributed by atoms with Gasteiger partial charge in [-0.25, -0.2) is 9.78 Å². The van der Waals surface area contributed by atoms with Crippen molar-refractivity contribution in [1.82, 2.24) is 19.8 Å². The smallest absolute Gasteiger partial charge is 0.407 e. The molecule has 5 rings (SSSR count). The minimum absolute atomic E-state index is 0.00858. The standard InChI is InChI=1S/C23H29N5O4/c1-13(2)24-20(29)12-28-21(14-3-4-14)25-19-6-5-17(7-18(19)22(28)30)26-8-15-10-27(23(31)32)11-16(15)9-26/h5-7,13-16H,3-4,8-12H2,1-2H3,(H,24,29)(H,31,32). The molecule has 0 radical (unpaired) electrons. The van der Waals surface area contributed by atoms with Gasteiger partial charge in [0.25, 0.3) is 5.56 Å². The van der Waals surface area contributed by atoms with Crippen LogP contribution in [0.1, 0.15) is 38.4 Å². The van der Waals surface area contributed by atoms with Crippen molar-refractivity contribution in [2.24, 2.45) is 11.8 Å². The summed E-state index contributed by atoms with van der Waals surface area (Å²) < 4.78 is 1.55. The highest BCUT2D eigenvalue weighted by atomic mass is 16.4. The van der Waals surface area contributed by atoms with Crippen molar-refractivity contribution in [2.45, 2.75) is 45.2 Å². The minimum Gasteiger partial charge on any atom is -0.465 e. The molecule has 2 unspecified atom stereocenters. The Bertz CT molecular complexity index is 1130. The van der Waals surface area contributed by atoms with Gasteiger partial charge in [-0.05, 0) is 44.9 Å². The first-order chi connectivity index (χ1) is 15.3. The van der Waals surface area contributed by atoms with Gasteiger partial charge in [0.05, 0.1) is 10.9 Å². The van der Waals surface area contributed by atoms with Gasteiger partial charge < -0.3 is 20.2 Å². The average Bonchev–Trinajstić information content (AvgIpc) is 3.37. The highest BCUT2D eigenvalue weighted by molar-refractivity contribution is 5.83. The molecular formula is C23H29N5O4. The van der Waals surface area contributed by atoms with Gasteiger partial charge in [0.2, 0.25) is 5.91 Å². The molecule has 2 saturated heterocycles. The van der Waals surface area contributed by atoms with Crippen LogP contribution in [0.15, 0.2) is 23.0 Å². The van der Waals surface area contributed by atoms with E-state index in [-0.39, 0.29) is 30.0 Å². The van der Waals surface area contributed by atoms with E-state index in [2.05, 4.69) is 10.2 Å². The number of rotatable bonds is 5. The lowest BCUT2D eigenvalue weighted by molar-refractivity contribution is -0.122. The predicted molar refractivity (Wildman–Crippen MR) is 120 cm³/mol. The molecule has 32 heavy (non-hydrogen) atoms. The van der Waals surface area contributed by atoms with E-state index in [1.54, 1.807) is 4.57 Å². The lowest BCUT2D eigenvalue weighted by atomic mass is 10.0. The second kappa shape index (κ2) is 7.79. The fourth-order valence-electron chi connectivity index (χ4n) is 5.10. The van der Waals surface area contributed by atoms with Crippen LogP contribution in [0.4, 0.5) is 10.5 Å². The van der Waals surface area contributed by atoms with Crippen LogP contribution in [0.3, 0.4) is 0 Å². The van der Waals surface area contributed by atoms with Crippen molar-refractivity contribution in [1.29, 1.82) is 0 Å². The van der Waals surface area contributed by atoms with E-state index >= 15 is 0 Å². The lowest BCUT2D eigenvalue weighted by Gasteiger charge is -2.22. The van der Waals surface area contributed by atoms with E-state index in [1.165, 1.54) is 4.90 Å². The zero-order chi connectivity index (χ0) is 22.6. The molecule has 1 aliphatic carbocycles. The fraction of sp³-hybridized carbons (Fsp3) is 0.565. The minimum atomic E-state index is -0.851. The summed E-state index contributed by atoms with van der Waals surface area (Å²) in [7, 11) is 0. The number of nitrogens with zero attached hydrogens (tertiary/aromatic N) is 4. The third-order valence-corrected chi connectivity index (χ3v) is 6.78. The predicted octanol–water partition coefficient (Wildman–Crippen LogP) is 1.84. The summed E-state index contributed by atoms with van der Waals surface area (Å²) in [6.45, 7) is 6.46. The molecule has 0 spiro atoms. The molecule has 1 aromatic heterocycles. The topological polar surface area (TPSA) is 108 Å². The first-order valence-corrected chi connectivity index (χ1v) is 11.4. The van der Waals surface area contributed by atoms with Crippen LogP contribution in [-0.4, -0.2) is 63.8 Å². The van der Waals surface area contributed by atoms with E-state index in [9.17, 15) is 19.5 Å². The SMILES string of the molecule is CC(C)NC(=O)Cn1c(C2CC2)nc2ccc(N3CC4CN(C(=O)O)CC4C3)cc2c1=O. The fourth-order valence-corrected chi connectivity index (χ4v) is 5.10. The van der Waals surface area contributed by atoms with Crippen LogP contribution in [0.25, 0.3) is 10.9 Å². The molecule has 3 fully saturated rings. The Kier molecular flexibility index (Phi) is 5.06. The molecule has 2 aliphatic heterocycles. The number of anilines is 1. The Labute approximate surface area is 186 Å². The van der Waals surface area contributed by atoms with Crippen LogP contribution in [0, 0.1) is 11.8 Å². The van der Waals surface area contributed by atoms with Gasteiger partial charge >= 0.3 is 6.09 Å². The Morgan fingerprint density at radius 2 is 1.84 bits per heavy atom. The van der Waals surface area contributed by atoms with Gasteiger partial charge in [-0.15, -0.1) is 0 Å². The lowest BCUT2D eigenvalue weighted by Crippen LogP contribution is -2.37. The van der Waals surface area contributed by atoms with Crippen LogP contribution in [-0.2, 0) is 11.3 Å². The number of likely N-dealkylation sites (tertiary alicyclic amines) is 1. The molecule has 2 atom stereocenters. The largest absolute Gasteiger partial charge is 0.465 e. The van der Waals surface area contributed by atoms with Crippen molar-refractivity contribution < 1.29 is 14.7 Å². The molecule has 2 aromatic rings. The number of fused-ring (bicyclic) bond motifs is 2. The number of nitrogens with one attached hydrogen (secondary N) is 1. The van der Waals surface area contributed by atoms with Crippen molar-refractivity contribution in [2.75, 3.05) is 31.1 Å². The second-order valence-corrected chi connectivity index (χ2v) is 9.67. The molecule has 9 heteroatoms. The van der Waals surface area contributed by atoms with Crippen molar-refractivity contribution in [3.8, 4) is 0 Å². The van der Waals surface area contributed by atoms with Gasteiger partial charge in [-0.3, -0.25) is 14.2 Å². The number of carboxylic acid groups (broad SMARTS) is 1. The maximum Gasteiger partial charge on any atom is 0.407 e. The van der Waals surface area contributed by atoms with Gasteiger partial charge in [0.15, 0.2) is 0 Å². The van der Waals surface area contributed by atoms with Crippen molar-refractivity contribution in [3.05, 3.63) is 34.4 Å². The van der Waals surface area contributed by atoms with E-state index < -0.39 is 6.09 Å². The summed E-state index contributed by atoms with van der Waals surface area (Å²) in [4.78, 5) is 45.6. The molecule has 2 amide bonds. The number of hydrogen-bond donors (Lipinski definition) is 2. The summed E-state index contributed by atoms with van der Waals surface area (Å²) in [5, 5.41) is 12.6. The van der Waals surface area contributed by atoms with Crippen LogP contribution >= 0.6 is 0 Å². The number of carbonyl (C=O) groups is 2. The van der Waals surface area contributed by atoms with Crippen molar-refractivity contribution >= 4 is 28.6 Å². The number of carbonyl (C=O) groups excluding carboxylic acids is 1. The summed E-state index contributed by atoms with van der Waals surface area (Å²) in [6.07, 6.45) is 1.13. The molecule has 2 N–H and O–H groups in total. The number of amides is 2. The van der Waals surface area contributed by atoms with E-state index in [4.69, 9.17) is 4.98 Å². The van der Waals surface area contributed by atoms with E-state index in [0.29, 0.717) is 41.7 Å². The Balaban J connectivity index is 1.44. The monoisotopic (exact) mass is 439 g/mol. The van der Waals surface area contributed by atoms with E-state index in [0.717, 1.165) is 31.6 Å². The van der Waals surface area contributed by atoms with Gasteiger partial charge in [-0.2, -0.15) is 0 Å². The highest BCUT2D eigenvalue weighted by Gasteiger charge is 2.41.